The van der Waals surface area contributed by atoms with Crippen LogP contribution in [-0.4, -0.2) is 41.4 Å². The van der Waals surface area contributed by atoms with Gasteiger partial charge in [-0.15, -0.1) is 0 Å². The van der Waals surface area contributed by atoms with Gasteiger partial charge in [-0.3, -0.25) is 9.58 Å². The Hall–Kier alpha value is -0.870. The van der Waals surface area contributed by atoms with E-state index in [0.29, 0.717) is 6.04 Å². The molecule has 1 aliphatic rings. The maximum absolute atomic E-state index is 4.22. The smallest absolute Gasteiger partial charge is 0.0641 e. The van der Waals surface area contributed by atoms with E-state index in [1.54, 1.807) is 0 Å². The van der Waals surface area contributed by atoms with E-state index >= 15 is 0 Å². The fourth-order valence-corrected chi connectivity index (χ4v) is 2.05. The summed E-state index contributed by atoms with van der Waals surface area (Å²) in [6.45, 7) is 3.30. The van der Waals surface area contributed by atoms with E-state index < -0.39 is 0 Å². The predicted molar refractivity (Wildman–Crippen MR) is 56.1 cm³/mol. The summed E-state index contributed by atoms with van der Waals surface area (Å²) in [6, 6.07) is 2.57. The Morgan fingerprint density at radius 3 is 3.07 bits per heavy atom. The summed E-state index contributed by atoms with van der Waals surface area (Å²) < 4.78 is 1.97. The lowest BCUT2D eigenvalue weighted by Crippen LogP contribution is -2.31. The summed E-state index contributed by atoms with van der Waals surface area (Å²) in [5.74, 6) is 0. The number of hydrogen-bond donors (Lipinski definition) is 1. The van der Waals surface area contributed by atoms with Crippen molar-refractivity contribution in [3.8, 4) is 0 Å². The van der Waals surface area contributed by atoms with Crippen molar-refractivity contribution in [1.29, 1.82) is 0 Å². The zero-order valence-corrected chi connectivity index (χ0v) is 8.90. The predicted octanol–water partition coefficient (Wildman–Crippen LogP) is 0.386. The maximum Gasteiger partial charge on any atom is 0.0641 e. The number of nitrogens with zero attached hydrogens (tertiary/aromatic N) is 3. The highest BCUT2D eigenvalue weighted by atomic mass is 15.3. The van der Waals surface area contributed by atoms with Crippen LogP contribution in [0.2, 0.25) is 0 Å². The van der Waals surface area contributed by atoms with E-state index in [1.165, 1.54) is 12.1 Å². The Labute approximate surface area is 84.9 Å². The second-order valence-electron chi connectivity index (χ2n) is 3.93. The Morgan fingerprint density at radius 2 is 2.36 bits per heavy atom. The number of aromatic nitrogens is 2. The number of rotatable bonds is 1. The molecule has 4 nitrogen and oxygen atoms in total. The molecule has 0 amide bonds. The fourth-order valence-electron chi connectivity index (χ4n) is 2.05. The third-order valence-corrected chi connectivity index (χ3v) is 2.93. The monoisotopic (exact) mass is 194 g/mol. The largest absolute Gasteiger partial charge is 0.315 e. The molecule has 78 valence electrons. The highest BCUT2D eigenvalue weighted by Gasteiger charge is 2.21. The van der Waals surface area contributed by atoms with Crippen molar-refractivity contribution in [2.24, 2.45) is 7.05 Å². The van der Waals surface area contributed by atoms with Crippen molar-refractivity contribution in [1.82, 2.24) is 20.0 Å². The Morgan fingerprint density at radius 1 is 1.50 bits per heavy atom. The highest BCUT2D eigenvalue weighted by molar-refractivity contribution is 5.08. The third kappa shape index (κ3) is 1.81. The molecule has 1 aromatic rings. The minimum Gasteiger partial charge on any atom is -0.315 e. The van der Waals surface area contributed by atoms with Gasteiger partial charge in [0.25, 0.3) is 0 Å². The van der Waals surface area contributed by atoms with Gasteiger partial charge in [-0.25, -0.2) is 0 Å². The average molecular weight is 194 g/mol. The van der Waals surface area contributed by atoms with Gasteiger partial charge in [-0.2, -0.15) is 5.10 Å². The summed E-state index contributed by atoms with van der Waals surface area (Å²) in [4.78, 5) is 2.40. The van der Waals surface area contributed by atoms with Crippen LogP contribution >= 0.6 is 0 Å². The molecule has 1 saturated heterocycles. The standard InChI is InChI=1S/C10H18N4/c1-13-7-3-5-11-8-10(13)9-4-6-12-14(9)2/h4,6,10-11H,3,5,7-8H2,1-2H3. The molecule has 0 radical (unpaired) electrons. The van der Waals surface area contributed by atoms with Crippen molar-refractivity contribution >= 4 is 0 Å². The molecule has 0 saturated carbocycles. The molecule has 1 aromatic heterocycles. The van der Waals surface area contributed by atoms with Crippen LogP contribution in [0, 0.1) is 0 Å². The van der Waals surface area contributed by atoms with Crippen molar-refractivity contribution in [2.45, 2.75) is 12.5 Å². The second-order valence-corrected chi connectivity index (χ2v) is 3.93. The van der Waals surface area contributed by atoms with Gasteiger partial charge in [0.2, 0.25) is 0 Å². The zero-order chi connectivity index (χ0) is 9.97. The molecule has 1 unspecified atom stereocenters. The minimum atomic E-state index is 0.463. The maximum atomic E-state index is 4.22. The van der Waals surface area contributed by atoms with E-state index in [1.807, 2.05) is 17.9 Å². The van der Waals surface area contributed by atoms with Gasteiger partial charge in [-0.1, -0.05) is 0 Å². The quantitative estimate of drug-likeness (QED) is 0.702. The van der Waals surface area contributed by atoms with Crippen molar-refractivity contribution < 1.29 is 0 Å². The highest BCUT2D eigenvalue weighted by Crippen LogP contribution is 2.19. The molecule has 1 atom stereocenters. The summed E-state index contributed by atoms with van der Waals surface area (Å²) in [6.07, 6.45) is 3.10. The molecule has 0 spiro atoms. The molecule has 1 aliphatic heterocycles. The van der Waals surface area contributed by atoms with E-state index in [0.717, 1.165) is 19.6 Å². The van der Waals surface area contributed by atoms with Crippen LogP contribution in [0.1, 0.15) is 18.2 Å². The van der Waals surface area contributed by atoms with E-state index in [4.69, 9.17) is 0 Å². The Bertz CT molecular complexity index is 294. The molecule has 0 bridgehead atoms. The van der Waals surface area contributed by atoms with Gasteiger partial charge < -0.3 is 5.32 Å². The first-order chi connectivity index (χ1) is 6.79. The van der Waals surface area contributed by atoms with Crippen LogP contribution < -0.4 is 5.32 Å². The van der Waals surface area contributed by atoms with Gasteiger partial charge in [0, 0.05) is 19.8 Å². The average Bonchev–Trinajstić information content (AvgIpc) is 2.46. The van der Waals surface area contributed by atoms with Crippen molar-refractivity contribution in [3.63, 3.8) is 0 Å². The number of likely N-dealkylation sites (N-methyl/N-ethyl adjacent to an activating group) is 1. The van der Waals surface area contributed by atoms with Gasteiger partial charge >= 0.3 is 0 Å². The molecule has 1 fully saturated rings. The number of hydrogen-bond acceptors (Lipinski definition) is 3. The van der Waals surface area contributed by atoms with Gasteiger partial charge in [0.1, 0.15) is 0 Å². The molecule has 1 N–H and O–H groups in total. The Kier molecular flexibility index (Phi) is 2.84. The van der Waals surface area contributed by atoms with E-state index in [2.05, 4.69) is 28.4 Å². The lowest BCUT2D eigenvalue weighted by atomic mass is 10.2. The van der Waals surface area contributed by atoms with Crippen LogP contribution in [0.25, 0.3) is 0 Å². The van der Waals surface area contributed by atoms with Crippen LogP contribution in [-0.2, 0) is 7.05 Å². The van der Waals surface area contributed by atoms with Crippen molar-refractivity contribution in [2.75, 3.05) is 26.7 Å². The minimum absolute atomic E-state index is 0.463. The first-order valence-electron chi connectivity index (χ1n) is 5.18. The number of aryl methyl sites for hydroxylation is 1. The zero-order valence-electron chi connectivity index (χ0n) is 8.90. The second kappa shape index (κ2) is 4.11. The summed E-state index contributed by atoms with van der Waals surface area (Å²) in [5.41, 5.74) is 1.29. The topological polar surface area (TPSA) is 33.1 Å². The normalized spacial score (nSPS) is 24.9. The lowest BCUT2D eigenvalue weighted by Gasteiger charge is -2.25. The molecule has 4 heteroatoms. The van der Waals surface area contributed by atoms with Gasteiger partial charge in [-0.05, 0) is 32.6 Å². The first kappa shape index (κ1) is 9.68. The van der Waals surface area contributed by atoms with Crippen LogP contribution in [0.4, 0.5) is 0 Å². The molecule has 2 rings (SSSR count). The van der Waals surface area contributed by atoms with Crippen LogP contribution in [0.5, 0.6) is 0 Å². The molecule has 14 heavy (non-hydrogen) atoms. The molecule has 0 aliphatic carbocycles. The van der Waals surface area contributed by atoms with Gasteiger partial charge in [0.05, 0.1) is 11.7 Å². The molecule has 0 aromatic carbocycles. The van der Waals surface area contributed by atoms with Crippen molar-refractivity contribution in [3.05, 3.63) is 18.0 Å². The Balaban J connectivity index is 2.19. The third-order valence-electron chi connectivity index (χ3n) is 2.93. The fraction of sp³-hybridized carbons (Fsp3) is 0.700. The molecular formula is C10H18N4. The van der Waals surface area contributed by atoms with Crippen LogP contribution in [0.3, 0.4) is 0 Å². The summed E-state index contributed by atoms with van der Waals surface area (Å²) in [7, 11) is 4.19. The SMILES string of the molecule is CN1CCCNCC1c1ccnn1C. The number of nitrogens with one attached hydrogen (secondary N) is 1. The van der Waals surface area contributed by atoms with E-state index in [-0.39, 0.29) is 0 Å². The summed E-state index contributed by atoms with van der Waals surface area (Å²) >= 11 is 0. The summed E-state index contributed by atoms with van der Waals surface area (Å²) in [5, 5.41) is 7.68. The van der Waals surface area contributed by atoms with Crippen LogP contribution in [0.15, 0.2) is 12.3 Å². The lowest BCUT2D eigenvalue weighted by molar-refractivity contribution is 0.251. The first-order valence-corrected chi connectivity index (χ1v) is 5.18. The van der Waals surface area contributed by atoms with Gasteiger partial charge in [0.15, 0.2) is 0 Å². The molecule has 2 heterocycles. The van der Waals surface area contributed by atoms with E-state index in [9.17, 15) is 0 Å². The molecular weight excluding hydrogens is 176 g/mol.